The van der Waals surface area contributed by atoms with Crippen molar-refractivity contribution in [2.45, 2.75) is 79.1 Å². The zero-order valence-electron chi connectivity index (χ0n) is 27.4. The largest absolute Gasteiger partial charge is 0.479 e. The zero-order chi connectivity index (χ0) is 30.9. The Morgan fingerprint density at radius 2 is 0.864 bits per heavy atom. The van der Waals surface area contributed by atoms with Gasteiger partial charge in [-0.05, 0) is 70.5 Å². The third-order valence-corrected chi connectivity index (χ3v) is 7.68. The van der Waals surface area contributed by atoms with Crippen LogP contribution >= 0.6 is 0 Å². The number of rotatable bonds is 6. The molecule has 2 nitrogen and oxygen atoms in total. The summed E-state index contributed by atoms with van der Waals surface area (Å²) >= 11 is 0. The predicted octanol–water partition coefficient (Wildman–Crippen LogP) is 11.0. The Kier molecular flexibility index (Phi) is 13.2. The van der Waals surface area contributed by atoms with Crippen LogP contribution in [0.2, 0.25) is 0 Å². The summed E-state index contributed by atoms with van der Waals surface area (Å²) in [5.41, 5.74) is 10.3. The summed E-state index contributed by atoms with van der Waals surface area (Å²) in [4.78, 5) is 4.65. The Balaban J connectivity index is 0.000000295. The van der Waals surface area contributed by atoms with Gasteiger partial charge in [-0.25, -0.2) is 0 Å². The summed E-state index contributed by atoms with van der Waals surface area (Å²) < 4.78 is 0. The molecule has 0 bridgehead atoms. The van der Waals surface area contributed by atoms with Gasteiger partial charge in [0.25, 0.3) is 0 Å². The molecule has 3 heteroatoms. The molecule has 1 heterocycles. The molecule has 1 aliphatic rings. The van der Waals surface area contributed by atoms with Gasteiger partial charge in [0.1, 0.15) is 0 Å². The van der Waals surface area contributed by atoms with Crippen LogP contribution in [-0.2, 0) is 22.4 Å². The molecule has 4 aromatic rings. The molecular weight excluding hydrogens is 717 g/mol. The van der Waals surface area contributed by atoms with E-state index in [2.05, 4.69) is 139 Å². The average Bonchev–Trinajstić information content (AvgIpc) is 3.50. The molecule has 0 N–H and O–H groups in total. The minimum Gasteiger partial charge on any atom is -0.479 e. The van der Waals surface area contributed by atoms with Gasteiger partial charge in [0.2, 0.25) is 0 Å². The first kappa shape index (κ1) is 35.0. The maximum atomic E-state index is 3.10. The van der Waals surface area contributed by atoms with Crippen LogP contribution < -0.4 is 9.80 Å². The number of hydrogen-bond acceptors (Lipinski definition) is 2. The summed E-state index contributed by atoms with van der Waals surface area (Å²) in [5.74, 6) is 8.11. The second-order valence-electron chi connectivity index (χ2n) is 12.3. The predicted molar refractivity (Wildman–Crippen MR) is 185 cm³/mol. The standard InChI is InChI=1S/C27H37N2.C14H9.Au/c1-18(2)22-11-9-12-23(19(3)4)26(22)28-15-16-29(17-28)27-24(20(5)6)13-10-14-25(27)21(7)8;1-3-7-13(8-4-1)11-12-14-9-5-2-6-10-14;/h9-21H,1-8H3;1,3-10H;/q2*-1;. The van der Waals surface area contributed by atoms with Crippen LogP contribution in [0, 0.1) is 24.6 Å². The molecule has 1 aliphatic heterocycles. The molecule has 0 spiro atoms. The molecule has 0 saturated carbocycles. The Morgan fingerprint density at radius 3 is 1.23 bits per heavy atom. The summed E-state index contributed by atoms with van der Waals surface area (Å²) in [6.45, 7) is 20.5. The van der Waals surface area contributed by atoms with E-state index >= 15 is 0 Å². The van der Waals surface area contributed by atoms with Crippen molar-refractivity contribution in [1.29, 1.82) is 0 Å². The molecule has 0 saturated heterocycles. The Labute approximate surface area is 282 Å². The third-order valence-electron chi connectivity index (χ3n) is 7.68. The Bertz CT molecular complexity index is 1390. The van der Waals surface area contributed by atoms with Gasteiger partial charge in [-0.1, -0.05) is 127 Å². The van der Waals surface area contributed by atoms with Gasteiger partial charge in [0, 0.05) is 39.3 Å². The maximum Gasteiger partial charge on any atom is 0.0248 e. The van der Waals surface area contributed by atoms with Crippen LogP contribution in [0.25, 0.3) is 0 Å². The molecule has 1 radical (unpaired) electrons. The van der Waals surface area contributed by atoms with E-state index in [-0.39, 0.29) is 22.4 Å². The van der Waals surface area contributed by atoms with Crippen molar-refractivity contribution >= 4 is 11.4 Å². The van der Waals surface area contributed by atoms with E-state index < -0.39 is 0 Å². The average molecular weight is 764 g/mol. The molecule has 0 fully saturated rings. The van der Waals surface area contributed by atoms with E-state index in [0.717, 1.165) is 11.1 Å². The number of nitrogens with zero attached hydrogens (tertiary/aromatic N) is 2. The zero-order valence-corrected chi connectivity index (χ0v) is 29.6. The molecule has 0 unspecified atom stereocenters. The summed E-state index contributed by atoms with van der Waals surface area (Å²) in [6.07, 6.45) is 4.43. The molecule has 5 rings (SSSR count). The topological polar surface area (TPSA) is 6.48 Å². The van der Waals surface area contributed by atoms with E-state index in [1.807, 2.05) is 54.6 Å². The third kappa shape index (κ3) is 8.80. The molecule has 0 amide bonds. The van der Waals surface area contributed by atoms with Gasteiger partial charge in [-0.3, -0.25) is 0 Å². The molecular formula is C41H46AuN2-2. The van der Waals surface area contributed by atoms with Crippen LogP contribution in [0.5, 0.6) is 0 Å². The first-order valence-corrected chi connectivity index (χ1v) is 15.6. The maximum absolute atomic E-state index is 3.10. The van der Waals surface area contributed by atoms with Gasteiger partial charge in [0.15, 0.2) is 0 Å². The van der Waals surface area contributed by atoms with Crippen molar-refractivity contribution in [3.8, 4) is 11.8 Å². The smallest absolute Gasteiger partial charge is 0.0248 e. The fraction of sp³-hybridized carbons (Fsp3) is 0.293. The first-order chi connectivity index (χ1) is 20.7. The second-order valence-corrected chi connectivity index (χ2v) is 12.3. The van der Waals surface area contributed by atoms with E-state index in [9.17, 15) is 0 Å². The van der Waals surface area contributed by atoms with Gasteiger partial charge in [-0.2, -0.15) is 30.3 Å². The number of hydrogen-bond donors (Lipinski definition) is 0. The Hall–Kier alpha value is -3.48. The van der Waals surface area contributed by atoms with E-state index in [4.69, 9.17) is 0 Å². The van der Waals surface area contributed by atoms with Crippen molar-refractivity contribution in [3.63, 3.8) is 0 Å². The van der Waals surface area contributed by atoms with Crippen LogP contribution in [0.15, 0.2) is 103 Å². The molecule has 233 valence electrons. The van der Waals surface area contributed by atoms with Crippen LogP contribution in [0.4, 0.5) is 11.4 Å². The van der Waals surface area contributed by atoms with Gasteiger partial charge >= 0.3 is 0 Å². The van der Waals surface area contributed by atoms with Crippen molar-refractivity contribution < 1.29 is 22.4 Å². The number of benzene rings is 4. The number of anilines is 2. The first-order valence-electron chi connectivity index (χ1n) is 15.6. The fourth-order valence-corrected chi connectivity index (χ4v) is 5.38. The summed E-state index contributed by atoms with van der Waals surface area (Å²) in [5, 5.41) is 0. The monoisotopic (exact) mass is 763 g/mol. The van der Waals surface area contributed by atoms with Crippen molar-refractivity contribution in [1.82, 2.24) is 0 Å². The van der Waals surface area contributed by atoms with Gasteiger partial charge in [-0.15, -0.1) is 6.67 Å². The van der Waals surface area contributed by atoms with E-state index in [1.54, 1.807) is 0 Å². The minimum absolute atomic E-state index is 0. The molecule has 4 aromatic carbocycles. The van der Waals surface area contributed by atoms with Gasteiger partial charge in [0.05, 0.1) is 0 Å². The summed E-state index contributed by atoms with van der Waals surface area (Å²) in [6, 6.07) is 34.1. The SMILES string of the molecule is C(#Cc1ccccc1)c1cc[c-]cc1.CC(C)c1cccc(C(C)C)c1N1C=CN(c2c(C(C)C)cccc2C(C)C)[CH-]1.[Au]. The van der Waals surface area contributed by atoms with Gasteiger partial charge < -0.3 is 9.80 Å². The van der Waals surface area contributed by atoms with Crippen molar-refractivity contribution in [3.05, 3.63) is 150 Å². The van der Waals surface area contributed by atoms with Crippen molar-refractivity contribution in [2.24, 2.45) is 0 Å². The molecule has 0 aromatic heterocycles. The van der Waals surface area contributed by atoms with E-state index in [0.29, 0.717) is 23.7 Å². The van der Waals surface area contributed by atoms with Crippen LogP contribution in [0.1, 0.15) is 112 Å². The second kappa shape index (κ2) is 16.6. The normalized spacial score (nSPS) is 12.3. The molecule has 0 aliphatic carbocycles. The molecule has 0 atom stereocenters. The quantitative estimate of drug-likeness (QED) is 0.110. The fourth-order valence-electron chi connectivity index (χ4n) is 5.38. The summed E-state index contributed by atoms with van der Waals surface area (Å²) in [7, 11) is 0. The van der Waals surface area contributed by atoms with Crippen LogP contribution in [-0.4, -0.2) is 0 Å². The van der Waals surface area contributed by atoms with Crippen LogP contribution in [0.3, 0.4) is 0 Å². The number of para-hydroxylation sites is 2. The minimum atomic E-state index is 0. The van der Waals surface area contributed by atoms with E-state index in [1.165, 1.54) is 33.6 Å². The Morgan fingerprint density at radius 1 is 0.500 bits per heavy atom. The van der Waals surface area contributed by atoms with Crippen molar-refractivity contribution in [2.75, 3.05) is 9.80 Å². The molecule has 44 heavy (non-hydrogen) atoms.